The Kier molecular flexibility index (Phi) is 7.95. The van der Waals surface area contributed by atoms with Crippen LogP contribution >= 0.6 is 0 Å². The highest BCUT2D eigenvalue weighted by Crippen LogP contribution is 1.95. The van der Waals surface area contributed by atoms with Crippen molar-refractivity contribution in [3.63, 3.8) is 0 Å². The van der Waals surface area contributed by atoms with Gasteiger partial charge in [0.2, 0.25) is 0 Å². The normalized spacial score (nSPS) is 12.3. The first kappa shape index (κ1) is 14.8. The molecule has 0 atom stereocenters. The lowest BCUT2D eigenvalue weighted by atomic mass is 10.4. The van der Waals surface area contributed by atoms with Gasteiger partial charge in [-0.05, 0) is 13.0 Å². The summed E-state index contributed by atoms with van der Waals surface area (Å²) in [5.74, 6) is 0.196. The van der Waals surface area contributed by atoms with E-state index >= 15 is 0 Å². The molecule has 0 spiro atoms. The molecule has 0 heterocycles. The van der Waals surface area contributed by atoms with Gasteiger partial charge in [0.1, 0.15) is 9.84 Å². The standard InChI is InChI=1S/C9H21NO4S/c1-14-8-6-10(5-7-11)4-3-9-15(2,12)13/h11H,3-9H2,1-2H3. The molecule has 15 heavy (non-hydrogen) atoms. The van der Waals surface area contributed by atoms with Crippen LogP contribution in [0.25, 0.3) is 0 Å². The highest BCUT2D eigenvalue weighted by molar-refractivity contribution is 7.90. The Morgan fingerprint density at radius 1 is 1.27 bits per heavy atom. The SMILES string of the molecule is COCCN(CCO)CCCS(C)(=O)=O. The van der Waals surface area contributed by atoms with Gasteiger partial charge in [0.15, 0.2) is 0 Å². The molecule has 0 aromatic heterocycles. The van der Waals surface area contributed by atoms with Crippen LogP contribution in [0.4, 0.5) is 0 Å². The molecule has 0 aromatic rings. The molecule has 92 valence electrons. The molecule has 0 radical (unpaired) electrons. The number of aliphatic hydroxyl groups is 1. The van der Waals surface area contributed by atoms with E-state index in [1.165, 1.54) is 6.26 Å². The molecule has 0 aliphatic heterocycles. The van der Waals surface area contributed by atoms with E-state index in [1.807, 2.05) is 4.90 Å². The monoisotopic (exact) mass is 239 g/mol. The van der Waals surface area contributed by atoms with E-state index in [0.717, 1.165) is 6.54 Å². The van der Waals surface area contributed by atoms with E-state index in [2.05, 4.69) is 0 Å². The number of rotatable bonds is 9. The van der Waals surface area contributed by atoms with Crippen LogP contribution in [0, 0.1) is 0 Å². The van der Waals surface area contributed by atoms with Crippen molar-refractivity contribution in [1.29, 1.82) is 0 Å². The van der Waals surface area contributed by atoms with Crippen molar-refractivity contribution >= 4 is 9.84 Å². The van der Waals surface area contributed by atoms with Gasteiger partial charge in [-0.2, -0.15) is 0 Å². The second kappa shape index (κ2) is 8.04. The van der Waals surface area contributed by atoms with Crippen molar-refractivity contribution in [3.8, 4) is 0 Å². The minimum Gasteiger partial charge on any atom is -0.395 e. The second-order valence-electron chi connectivity index (χ2n) is 3.54. The molecule has 6 heteroatoms. The van der Waals surface area contributed by atoms with E-state index in [0.29, 0.717) is 26.1 Å². The Balaban J connectivity index is 3.74. The van der Waals surface area contributed by atoms with Crippen molar-refractivity contribution in [2.75, 3.05) is 52.0 Å². The first-order valence-electron chi connectivity index (χ1n) is 4.99. The Labute approximate surface area is 92.0 Å². The Morgan fingerprint density at radius 3 is 2.40 bits per heavy atom. The van der Waals surface area contributed by atoms with Crippen LogP contribution in [0.1, 0.15) is 6.42 Å². The third-order valence-electron chi connectivity index (χ3n) is 2.02. The summed E-state index contributed by atoms with van der Waals surface area (Å²) in [6.07, 6.45) is 1.83. The van der Waals surface area contributed by atoms with Crippen molar-refractivity contribution in [2.24, 2.45) is 0 Å². The molecule has 0 bridgehead atoms. The highest BCUT2D eigenvalue weighted by atomic mass is 32.2. The van der Waals surface area contributed by atoms with Gasteiger partial charge in [0, 0.05) is 26.5 Å². The van der Waals surface area contributed by atoms with Crippen LogP contribution in [0.2, 0.25) is 0 Å². The predicted octanol–water partition coefficient (Wildman–Crippen LogP) is -0.638. The van der Waals surface area contributed by atoms with Crippen LogP contribution < -0.4 is 0 Å². The van der Waals surface area contributed by atoms with E-state index in [-0.39, 0.29) is 12.4 Å². The average Bonchev–Trinajstić information content (AvgIpc) is 2.12. The number of sulfone groups is 1. The number of methoxy groups -OCH3 is 1. The first-order chi connectivity index (χ1) is 6.99. The summed E-state index contributed by atoms with van der Waals surface area (Å²) >= 11 is 0. The number of hydrogen-bond donors (Lipinski definition) is 1. The molecule has 5 nitrogen and oxygen atoms in total. The molecule has 0 aliphatic carbocycles. The van der Waals surface area contributed by atoms with Crippen LogP contribution in [0.5, 0.6) is 0 Å². The number of aliphatic hydroxyl groups excluding tert-OH is 1. The fourth-order valence-corrected chi connectivity index (χ4v) is 1.90. The Hall–Kier alpha value is -0.170. The summed E-state index contributed by atoms with van der Waals surface area (Å²) in [7, 11) is -1.26. The molecular formula is C9H21NO4S. The van der Waals surface area contributed by atoms with E-state index < -0.39 is 9.84 Å². The topological polar surface area (TPSA) is 66.8 Å². The summed E-state index contributed by atoms with van der Waals surface area (Å²) in [5.41, 5.74) is 0. The third kappa shape index (κ3) is 10.1. The van der Waals surface area contributed by atoms with Crippen LogP contribution in [-0.4, -0.2) is 70.4 Å². The molecule has 0 unspecified atom stereocenters. The van der Waals surface area contributed by atoms with Gasteiger partial charge in [-0.15, -0.1) is 0 Å². The Bertz CT molecular complexity index is 240. The number of nitrogens with zero attached hydrogens (tertiary/aromatic N) is 1. The first-order valence-corrected chi connectivity index (χ1v) is 7.05. The van der Waals surface area contributed by atoms with Crippen LogP contribution in [0.3, 0.4) is 0 Å². The maximum atomic E-state index is 10.9. The highest BCUT2D eigenvalue weighted by Gasteiger charge is 2.06. The molecule has 0 saturated heterocycles. The molecule has 0 fully saturated rings. The molecule has 0 rings (SSSR count). The molecular weight excluding hydrogens is 218 g/mol. The van der Waals surface area contributed by atoms with Gasteiger partial charge in [0.25, 0.3) is 0 Å². The third-order valence-corrected chi connectivity index (χ3v) is 3.05. The van der Waals surface area contributed by atoms with Gasteiger partial charge >= 0.3 is 0 Å². The van der Waals surface area contributed by atoms with Gasteiger partial charge in [-0.25, -0.2) is 8.42 Å². The minimum absolute atomic E-state index is 0.0859. The minimum atomic E-state index is -2.88. The van der Waals surface area contributed by atoms with E-state index in [1.54, 1.807) is 7.11 Å². The zero-order valence-electron chi connectivity index (χ0n) is 9.48. The van der Waals surface area contributed by atoms with Gasteiger partial charge in [-0.1, -0.05) is 0 Å². The molecule has 0 saturated carbocycles. The molecule has 0 aliphatic rings. The predicted molar refractivity (Wildman–Crippen MR) is 59.7 cm³/mol. The molecule has 0 aromatic carbocycles. The zero-order chi connectivity index (χ0) is 11.7. The molecule has 1 N–H and O–H groups in total. The Morgan fingerprint density at radius 2 is 1.93 bits per heavy atom. The summed E-state index contributed by atoms with van der Waals surface area (Å²) in [5, 5.41) is 8.79. The lowest BCUT2D eigenvalue weighted by Crippen LogP contribution is -2.32. The summed E-state index contributed by atoms with van der Waals surface area (Å²) in [4.78, 5) is 1.99. The van der Waals surface area contributed by atoms with E-state index in [4.69, 9.17) is 9.84 Å². The smallest absolute Gasteiger partial charge is 0.147 e. The number of ether oxygens (including phenoxy) is 1. The lowest BCUT2D eigenvalue weighted by molar-refractivity contribution is 0.131. The van der Waals surface area contributed by atoms with Crippen molar-refractivity contribution in [2.45, 2.75) is 6.42 Å². The number of hydrogen-bond acceptors (Lipinski definition) is 5. The second-order valence-corrected chi connectivity index (χ2v) is 5.80. The van der Waals surface area contributed by atoms with Gasteiger partial charge in [-0.3, -0.25) is 4.90 Å². The van der Waals surface area contributed by atoms with Crippen LogP contribution in [0.15, 0.2) is 0 Å². The van der Waals surface area contributed by atoms with Crippen molar-refractivity contribution < 1.29 is 18.3 Å². The quantitative estimate of drug-likeness (QED) is 0.580. The fourth-order valence-electron chi connectivity index (χ4n) is 1.25. The average molecular weight is 239 g/mol. The largest absolute Gasteiger partial charge is 0.395 e. The molecule has 0 amide bonds. The van der Waals surface area contributed by atoms with Crippen LogP contribution in [-0.2, 0) is 14.6 Å². The zero-order valence-corrected chi connectivity index (χ0v) is 10.3. The summed E-state index contributed by atoms with van der Waals surface area (Å²) < 4.78 is 26.7. The van der Waals surface area contributed by atoms with E-state index in [9.17, 15) is 8.42 Å². The summed E-state index contributed by atoms with van der Waals surface area (Å²) in [6, 6.07) is 0. The fraction of sp³-hybridized carbons (Fsp3) is 1.00. The maximum Gasteiger partial charge on any atom is 0.147 e. The van der Waals surface area contributed by atoms with Crippen molar-refractivity contribution in [3.05, 3.63) is 0 Å². The lowest BCUT2D eigenvalue weighted by Gasteiger charge is -2.20. The van der Waals surface area contributed by atoms with Gasteiger partial charge in [0.05, 0.1) is 19.0 Å². The van der Waals surface area contributed by atoms with Gasteiger partial charge < -0.3 is 9.84 Å². The van der Waals surface area contributed by atoms with Crippen molar-refractivity contribution in [1.82, 2.24) is 4.90 Å². The summed E-state index contributed by atoms with van der Waals surface area (Å²) in [6.45, 7) is 2.65. The maximum absolute atomic E-state index is 10.9.